The summed E-state index contributed by atoms with van der Waals surface area (Å²) in [6.07, 6.45) is 0. The van der Waals surface area contributed by atoms with Gasteiger partial charge in [-0.3, -0.25) is 0 Å². The molecule has 0 saturated heterocycles. The summed E-state index contributed by atoms with van der Waals surface area (Å²) in [7, 11) is 3.49. The van der Waals surface area contributed by atoms with Crippen LogP contribution in [0.3, 0.4) is 0 Å². The van der Waals surface area contributed by atoms with Gasteiger partial charge in [-0.05, 0) is 27.9 Å². The molecule has 12 heavy (non-hydrogen) atoms. The third kappa shape index (κ3) is 2.45. The van der Waals surface area contributed by atoms with Crippen molar-refractivity contribution >= 4 is 0 Å². The summed E-state index contributed by atoms with van der Waals surface area (Å²) in [4.78, 5) is 1.61. The van der Waals surface area contributed by atoms with Crippen molar-refractivity contribution in [3.8, 4) is 6.07 Å². The molecule has 0 aliphatic carbocycles. The summed E-state index contributed by atoms with van der Waals surface area (Å²) in [5, 5.41) is 8.87. The number of rotatable bonds is 5. The van der Waals surface area contributed by atoms with E-state index in [9.17, 15) is 0 Å². The number of nitrogens with zero attached hydrogens (tertiary/aromatic N) is 2. The van der Waals surface area contributed by atoms with Crippen LogP contribution >= 0.6 is 0 Å². The monoisotopic (exact) mass is 172 g/mol. The van der Waals surface area contributed by atoms with Crippen molar-refractivity contribution < 1.29 is 9.47 Å². The molecule has 0 unspecified atom stereocenters. The first-order valence-corrected chi connectivity index (χ1v) is 3.99. The van der Waals surface area contributed by atoms with Crippen molar-refractivity contribution in [1.82, 2.24) is 4.90 Å². The van der Waals surface area contributed by atoms with Gasteiger partial charge in [-0.15, -0.1) is 0 Å². The van der Waals surface area contributed by atoms with Crippen molar-refractivity contribution in [3.63, 3.8) is 0 Å². The Balaban J connectivity index is 4.42. The van der Waals surface area contributed by atoms with Crippen molar-refractivity contribution in [1.29, 1.82) is 5.26 Å². The quantitative estimate of drug-likeness (QED) is 0.575. The Morgan fingerprint density at radius 2 is 1.67 bits per heavy atom. The number of nitriles is 1. The minimum absolute atomic E-state index is 0.450. The van der Waals surface area contributed by atoms with Crippen molar-refractivity contribution in [2.75, 3.05) is 27.3 Å². The molecular weight excluding hydrogens is 156 g/mol. The van der Waals surface area contributed by atoms with Crippen molar-refractivity contribution in [3.05, 3.63) is 0 Å². The van der Waals surface area contributed by atoms with E-state index in [0.29, 0.717) is 13.2 Å². The fourth-order valence-corrected chi connectivity index (χ4v) is 0.856. The Hall–Kier alpha value is -0.630. The SMILES string of the molecule is CCOC(C#N)(OCC)N(C)C. The third-order valence-corrected chi connectivity index (χ3v) is 1.41. The first kappa shape index (κ1) is 11.4. The number of hydrogen-bond acceptors (Lipinski definition) is 4. The predicted octanol–water partition coefficient (Wildman–Crippen LogP) is 0.798. The van der Waals surface area contributed by atoms with Crippen LogP contribution in [0.15, 0.2) is 0 Å². The van der Waals surface area contributed by atoms with E-state index in [0.717, 1.165) is 0 Å². The maximum atomic E-state index is 8.87. The molecule has 0 aromatic heterocycles. The fourth-order valence-electron chi connectivity index (χ4n) is 0.856. The minimum atomic E-state index is -1.22. The van der Waals surface area contributed by atoms with Gasteiger partial charge in [-0.1, -0.05) is 0 Å². The van der Waals surface area contributed by atoms with Gasteiger partial charge in [0, 0.05) is 13.2 Å². The van der Waals surface area contributed by atoms with Crippen LogP contribution in [0, 0.1) is 11.3 Å². The Morgan fingerprint density at radius 1 is 1.25 bits per heavy atom. The van der Waals surface area contributed by atoms with Crippen LogP contribution < -0.4 is 0 Å². The first-order chi connectivity index (χ1) is 5.63. The summed E-state index contributed by atoms with van der Waals surface area (Å²) in [5.41, 5.74) is 0. The molecule has 0 spiro atoms. The summed E-state index contributed by atoms with van der Waals surface area (Å²) in [5.74, 6) is -1.22. The lowest BCUT2D eigenvalue weighted by Crippen LogP contribution is -2.48. The molecule has 0 bridgehead atoms. The molecule has 0 fully saturated rings. The molecule has 4 heteroatoms. The summed E-state index contributed by atoms with van der Waals surface area (Å²) in [6.45, 7) is 4.56. The normalized spacial score (nSPS) is 11.7. The van der Waals surface area contributed by atoms with Gasteiger partial charge < -0.3 is 9.47 Å². The van der Waals surface area contributed by atoms with Crippen LogP contribution in [0.4, 0.5) is 0 Å². The zero-order valence-electron chi connectivity index (χ0n) is 8.13. The molecular formula is C8H16N2O2. The highest BCUT2D eigenvalue weighted by Gasteiger charge is 2.34. The molecule has 0 aromatic carbocycles. The molecule has 0 N–H and O–H groups in total. The molecule has 0 rings (SSSR count). The maximum absolute atomic E-state index is 8.87. The number of ether oxygens (including phenoxy) is 2. The molecule has 0 saturated carbocycles. The zero-order valence-corrected chi connectivity index (χ0v) is 8.13. The molecule has 0 aromatic rings. The van der Waals surface area contributed by atoms with E-state index in [4.69, 9.17) is 14.7 Å². The average molecular weight is 172 g/mol. The maximum Gasteiger partial charge on any atom is 0.323 e. The topological polar surface area (TPSA) is 45.5 Å². The minimum Gasteiger partial charge on any atom is -0.326 e. The molecule has 0 aliphatic rings. The van der Waals surface area contributed by atoms with Gasteiger partial charge in [0.25, 0.3) is 0 Å². The second-order valence-corrected chi connectivity index (χ2v) is 2.45. The standard InChI is InChI=1S/C8H16N2O2/c1-5-11-8(7-9,10(3)4)12-6-2/h5-6H2,1-4H3. The van der Waals surface area contributed by atoms with Gasteiger partial charge in [0.1, 0.15) is 6.07 Å². The van der Waals surface area contributed by atoms with E-state index < -0.39 is 5.91 Å². The van der Waals surface area contributed by atoms with Crippen LogP contribution in [0.2, 0.25) is 0 Å². The second kappa shape index (κ2) is 5.09. The highest BCUT2D eigenvalue weighted by Crippen LogP contribution is 2.14. The van der Waals surface area contributed by atoms with Gasteiger partial charge in [-0.25, -0.2) is 4.90 Å². The fraction of sp³-hybridized carbons (Fsp3) is 0.875. The van der Waals surface area contributed by atoms with E-state index in [1.54, 1.807) is 19.0 Å². The predicted molar refractivity (Wildman–Crippen MR) is 45.3 cm³/mol. The van der Waals surface area contributed by atoms with Crippen LogP contribution in [0.5, 0.6) is 0 Å². The first-order valence-electron chi connectivity index (χ1n) is 3.99. The molecule has 0 aliphatic heterocycles. The smallest absolute Gasteiger partial charge is 0.323 e. The third-order valence-electron chi connectivity index (χ3n) is 1.41. The van der Waals surface area contributed by atoms with Crippen LogP contribution in [-0.4, -0.2) is 38.1 Å². The Bertz CT molecular complexity index is 157. The van der Waals surface area contributed by atoms with E-state index in [-0.39, 0.29) is 0 Å². The lowest BCUT2D eigenvalue weighted by Gasteiger charge is -2.31. The zero-order chi connectivity index (χ0) is 9.61. The van der Waals surface area contributed by atoms with E-state index >= 15 is 0 Å². The lowest BCUT2D eigenvalue weighted by atomic mass is 10.4. The molecule has 0 radical (unpaired) electrons. The Morgan fingerprint density at radius 3 is 1.83 bits per heavy atom. The van der Waals surface area contributed by atoms with E-state index in [1.165, 1.54) is 0 Å². The van der Waals surface area contributed by atoms with Gasteiger partial charge in [-0.2, -0.15) is 5.26 Å². The largest absolute Gasteiger partial charge is 0.326 e. The molecule has 4 nitrogen and oxygen atoms in total. The second-order valence-electron chi connectivity index (χ2n) is 2.45. The van der Waals surface area contributed by atoms with Gasteiger partial charge in [0.05, 0.1) is 0 Å². The summed E-state index contributed by atoms with van der Waals surface area (Å²) < 4.78 is 10.4. The molecule has 70 valence electrons. The Labute approximate surface area is 73.7 Å². The summed E-state index contributed by atoms with van der Waals surface area (Å²) in [6, 6.07) is 2.00. The van der Waals surface area contributed by atoms with Crippen molar-refractivity contribution in [2.45, 2.75) is 19.8 Å². The average Bonchev–Trinajstić information content (AvgIpc) is 2.03. The van der Waals surface area contributed by atoms with Gasteiger partial charge in [0.2, 0.25) is 0 Å². The highest BCUT2D eigenvalue weighted by atomic mass is 16.7. The number of hydrogen-bond donors (Lipinski definition) is 0. The van der Waals surface area contributed by atoms with E-state index in [1.807, 2.05) is 19.9 Å². The van der Waals surface area contributed by atoms with Gasteiger partial charge in [0.15, 0.2) is 0 Å². The van der Waals surface area contributed by atoms with Crippen LogP contribution in [0.1, 0.15) is 13.8 Å². The van der Waals surface area contributed by atoms with E-state index in [2.05, 4.69) is 0 Å². The molecule has 0 heterocycles. The molecule has 0 atom stereocenters. The summed E-state index contributed by atoms with van der Waals surface area (Å²) >= 11 is 0. The highest BCUT2D eigenvalue weighted by molar-refractivity contribution is 4.91. The van der Waals surface area contributed by atoms with Gasteiger partial charge >= 0.3 is 5.91 Å². The van der Waals surface area contributed by atoms with Crippen LogP contribution in [-0.2, 0) is 9.47 Å². The van der Waals surface area contributed by atoms with Crippen molar-refractivity contribution in [2.24, 2.45) is 0 Å². The lowest BCUT2D eigenvalue weighted by molar-refractivity contribution is -0.264. The Kier molecular flexibility index (Phi) is 4.83. The van der Waals surface area contributed by atoms with Crippen LogP contribution in [0.25, 0.3) is 0 Å². The molecule has 0 amide bonds.